The van der Waals surface area contributed by atoms with Crippen molar-refractivity contribution in [1.29, 1.82) is 5.26 Å². The molecular formula is C27H26N2O5S. The zero-order valence-corrected chi connectivity index (χ0v) is 20.8. The third-order valence-corrected chi connectivity index (χ3v) is 6.91. The van der Waals surface area contributed by atoms with Crippen molar-refractivity contribution in [3.63, 3.8) is 0 Å². The lowest BCUT2D eigenvalue weighted by Crippen LogP contribution is -2.38. The van der Waals surface area contributed by atoms with Crippen molar-refractivity contribution >= 4 is 27.7 Å². The molecule has 0 saturated carbocycles. The number of aryl methyl sites for hydroxylation is 2. The van der Waals surface area contributed by atoms with E-state index in [1.807, 2.05) is 19.1 Å². The molecule has 0 bridgehead atoms. The number of anilines is 1. The minimum atomic E-state index is -4.32. The molecule has 0 aliphatic carbocycles. The van der Waals surface area contributed by atoms with Crippen molar-refractivity contribution < 1.29 is 22.7 Å². The van der Waals surface area contributed by atoms with Crippen molar-refractivity contribution in [2.45, 2.75) is 25.7 Å². The Labute approximate surface area is 205 Å². The number of benzene rings is 3. The molecule has 3 aromatic carbocycles. The standard InChI is InChI=1S/C27H26N2O5S/c1-5-34-25-14-13-21(17-26(25)33-4)16-22(18-28)27(30)29(24-15-19(2)11-12-20(24)3)35(31,32)23-9-7-6-8-10-23/h6-17H,5H2,1-4H3/b22-16+. The maximum atomic E-state index is 13.7. The van der Waals surface area contributed by atoms with Crippen LogP contribution in [0.5, 0.6) is 11.5 Å². The Bertz CT molecular complexity index is 1410. The van der Waals surface area contributed by atoms with Crippen LogP contribution < -0.4 is 13.8 Å². The first-order chi connectivity index (χ1) is 16.7. The Morgan fingerprint density at radius 2 is 1.74 bits per heavy atom. The number of hydrogen-bond acceptors (Lipinski definition) is 6. The molecule has 180 valence electrons. The van der Waals surface area contributed by atoms with Gasteiger partial charge in [0.25, 0.3) is 15.9 Å². The lowest BCUT2D eigenvalue weighted by atomic mass is 10.1. The molecule has 0 aliphatic rings. The molecule has 0 unspecified atom stereocenters. The van der Waals surface area contributed by atoms with Gasteiger partial charge in [-0.2, -0.15) is 9.57 Å². The molecule has 0 aromatic heterocycles. The predicted octanol–water partition coefficient (Wildman–Crippen LogP) is 5.04. The number of nitriles is 1. The van der Waals surface area contributed by atoms with Gasteiger partial charge in [0.1, 0.15) is 11.6 Å². The van der Waals surface area contributed by atoms with Crippen LogP contribution in [-0.2, 0) is 14.8 Å². The van der Waals surface area contributed by atoms with Gasteiger partial charge in [-0.25, -0.2) is 8.42 Å². The maximum absolute atomic E-state index is 13.7. The molecule has 1 amide bonds. The summed E-state index contributed by atoms with van der Waals surface area (Å²) in [4.78, 5) is 13.6. The zero-order chi connectivity index (χ0) is 25.6. The monoisotopic (exact) mass is 490 g/mol. The van der Waals surface area contributed by atoms with E-state index in [0.717, 1.165) is 5.56 Å². The van der Waals surface area contributed by atoms with Gasteiger partial charge in [-0.3, -0.25) is 4.79 Å². The fraction of sp³-hybridized carbons (Fsp3) is 0.185. The van der Waals surface area contributed by atoms with Crippen LogP contribution >= 0.6 is 0 Å². The minimum Gasteiger partial charge on any atom is -0.493 e. The Morgan fingerprint density at radius 3 is 2.37 bits per heavy atom. The second-order valence-electron chi connectivity index (χ2n) is 7.69. The van der Waals surface area contributed by atoms with E-state index < -0.39 is 15.9 Å². The molecule has 0 spiro atoms. The van der Waals surface area contributed by atoms with E-state index in [4.69, 9.17) is 9.47 Å². The van der Waals surface area contributed by atoms with E-state index in [1.165, 1.54) is 25.3 Å². The van der Waals surface area contributed by atoms with Crippen molar-refractivity contribution in [2.24, 2.45) is 0 Å². The molecule has 0 heterocycles. The maximum Gasteiger partial charge on any atom is 0.282 e. The van der Waals surface area contributed by atoms with Gasteiger partial charge in [-0.15, -0.1) is 0 Å². The van der Waals surface area contributed by atoms with Gasteiger partial charge in [0.15, 0.2) is 11.5 Å². The van der Waals surface area contributed by atoms with Crippen LogP contribution in [0, 0.1) is 25.2 Å². The van der Waals surface area contributed by atoms with E-state index in [2.05, 4.69) is 0 Å². The first-order valence-electron chi connectivity index (χ1n) is 10.9. The zero-order valence-electron chi connectivity index (χ0n) is 20.0. The van der Waals surface area contributed by atoms with Gasteiger partial charge < -0.3 is 9.47 Å². The van der Waals surface area contributed by atoms with Gasteiger partial charge in [0.2, 0.25) is 0 Å². The summed E-state index contributed by atoms with van der Waals surface area (Å²) >= 11 is 0. The van der Waals surface area contributed by atoms with E-state index in [-0.39, 0.29) is 16.2 Å². The molecule has 3 rings (SSSR count). The highest BCUT2D eigenvalue weighted by atomic mass is 32.2. The summed E-state index contributed by atoms with van der Waals surface area (Å²) in [5, 5.41) is 9.86. The lowest BCUT2D eigenvalue weighted by molar-refractivity contribution is -0.113. The van der Waals surface area contributed by atoms with Gasteiger partial charge in [-0.05, 0) is 73.9 Å². The highest BCUT2D eigenvalue weighted by molar-refractivity contribution is 7.93. The molecular weight excluding hydrogens is 464 g/mol. The Hall–Kier alpha value is -4.09. The molecule has 0 radical (unpaired) electrons. The largest absolute Gasteiger partial charge is 0.493 e. The van der Waals surface area contributed by atoms with Crippen LogP contribution in [0.1, 0.15) is 23.6 Å². The number of ether oxygens (including phenoxy) is 2. The Kier molecular flexibility index (Phi) is 7.94. The molecule has 0 atom stereocenters. The van der Waals surface area contributed by atoms with Crippen LogP contribution in [0.2, 0.25) is 0 Å². The number of carbonyl (C=O) groups is 1. The molecule has 0 aliphatic heterocycles. The fourth-order valence-electron chi connectivity index (χ4n) is 3.45. The summed E-state index contributed by atoms with van der Waals surface area (Å²) in [6.07, 6.45) is 1.33. The molecule has 0 fully saturated rings. The summed E-state index contributed by atoms with van der Waals surface area (Å²) in [6, 6.07) is 19.6. The van der Waals surface area contributed by atoms with Crippen molar-refractivity contribution in [2.75, 3.05) is 18.0 Å². The summed E-state index contributed by atoms with van der Waals surface area (Å²) in [7, 11) is -2.84. The third-order valence-electron chi connectivity index (χ3n) is 5.20. The van der Waals surface area contributed by atoms with Crippen molar-refractivity contribution in [3.05, 3.63) is 89.0 Å². The topological polar surface area (TPSA) is 96.7 Å². The minimum absolute atomic E-state index is 0.0608. The van der Waals surface area contributed by atoms with Crippen LogP contribution in [-0.4, -0.2) is 28.0 Å². The molecule has 0 N–H and O–H groups in total. The average molecular weight is 491 g/mol. The van der Waals surface area contributed by atoms with Gasteiger partial charge in [-0.1, -0.05) is 36.4 Å². The number of nitrogens with zero attached hydrogens (tertiary/aromatic N) is 2. The van der Waals surface area contributed by atoms with Crippen molar-refractivity contribution in [1.82, 2.24) is 0 Å². The fourth-order valence-corrected chi connectivity index (χ4v) is 4.93. The molecule has 8 heteroatoms. The molecule has 3 aromatic rings. The second kappa shape index (κ2) is 10.9. The summed E-state index contributed by atoms with van der Waals surface area (Å²) in [5.74, 6) is -0.0211. The van der Waals surface area contributed by atoms with Crippen LogP contribution in [0.3, 0.4) is 0 Å². The smallest absolute Gasteiger partial charge is 0.282 e. The number of methoxy groups -OCH3 is 1. The first kappa shape index (κ1) is 25.5. The number of hydrogen-bond donors (Lipinski definition) is 0. The first-order valence-corrected chi connectivity index (χ1v) is 12.3. The van der Waals surface area contributed by atoms with Crippen LogP contribution in [0.4, 0.5) is 5.69 Å². The molecule has 7 nitrogen and oxygen atoms in total. The van der Waals surface area contributed by atoms with E-state index >= 15 is 0 Å². The Balaban J connectivity index is 2.17. The third kappa shape index (κ3) is 5.53. The quantitative estimate of drug-likeness (QED) is 0.324. The van der Waals surface area contributed by atoms with Gasteiger partial charge in [0.05, 0.1) is 24.3 Å². The number of sulfonamides is 1. The van der Waals surface area contributed by atoms with Crippen LogP contribution in [0.15, 0.2) is 77.2 Å². The molecule has 35 heavy (non-hydrogen) atoms. The van der Waals surface area contributed by atoms with Gasteiger partial charge in [0, 0.05) is 0 Å². The van der Waals surface area contributed by atoms with Crippen molar-refractivity contribution in [3.8, 4) is 17.6 Å². The van der Waals surface area contributed by atoms with Crippen LogP contribution in [0.25, 0.3) is 6.08 Å². The summed E-state index contributed by atoms with van der Waals surface area (Å²) in [6.45, 7) is 5.79. The summed E-state index contributed by atoms with van der Waals surface area (Å²) < 4.78 is 38.9. The normalized spacial score (nSPS) is 11.5. The number of amides is 1. The number of carbonyl (C=O) groups excluding carboxylic acids is 1. The highest BCUT2D eigenvalue weighted by Gasteiger charge is 2.34. The summed E-state index contributed by atoms with van der Waals surface area (Å²) in [5.41, 5.74) is 1.66. The number of rotatable bonds is 8. The van der Waals surface area contributed by atoms with Gasteiger partial charge >= 0.3 is 0 Å². The lowest BCUT2D eigenvalue weighted by Gasteiger charge is -2.24. The Morgan fingerprint density at radius 1 is 1.03 bits per heavy atom. The van der Waals surface area contributed by atoms with E-state index in [9.17, 15) is 18.5 Å². The van der Waals surface area contributed by atoms with E-state index in [1.54, 1.807) is 62.4 Å². The predicted molar refractivity (Wildman–Crippen MR) is 135 cm³/mol. The second-order valence-corrected chi connectivity index (χ2v) is 9.48. The SMILES string of the molecule is CCOc1ccc(/C=C(\C#N)C(=O)N(c2cc(C)ccc2C)S(=O)(=O)c2ccccc2)cc1OC. The average Bonchev–Trinajstić information content (AvgIpc) is 2.86. The molecule has 0 saturated heterocycles. The highest BCUT2D eigenvalue weighted by Crippen LogP contribution is 2.32. The van der Waals surface area contributed by atoms with E-state index in [0.29, 0.717) is 33.5 Å².